The van der Waals surface area contributed by atoms with Gasteiger partial charge in [0.2, 0.25) is 0 Å². The van der Waals surface area contributed by atoms with E-state index in [9.17, 15) is 31.2 Å². The molecule has 0 spiro atoms. The number of rotatable bonds is 14. The summed E-state index contributed by atoms with van der Waals surface area (Å²) < 4.78 is 54.8. The second-order valence-electron chi connectivity index (χ2n) is 12.9. The molecular weight excluding hydrogens is 821 g/mol. The van der Waals surface area contributed by atoms with E-state index < -0.39 is 31.6 Å². The minimum Gasteiger partial charge on any atom is -0.466 e. The first kappa shape index (κ1) is 48.4. The third-order valence-corrected chi connectivity index (χ3v) is 10.6. The average molecular weight is 869 g/mol. The first-order valence-electron chi connectivity index (χ1n) is 18.3. The smallest absolute Gasteiger partial charge is 0.330 e. The number of ether oxygens (including phenoxy) is 2. The maximum atomic E-state index is 11.5. The Bertz CT molecular complexity index is 2410. The molecule has 0 aromatic heterocycles. The molecule has 0 bridgehead atoms. The Kier molecular flexibility index (Phi) is 19.2. The van der Waals surface area contributed by atoms with Crippen molar-refractivity contribution in [2.45, 2.75) is 22.9 Å². The van der Waals surface area contributed by atoms with Crippen molar-refractivity contribution in [3.8, 4) is 0 Å². The molecule has 6 N–H and O–H groups in total. The molecule has 0 saturated carbocycles. The van der Waals surface area contributed by atoms with Crippen LogP contribution < -0.4 is 21.8 Å². The Hall–Kier alpha value is -7.01. The number of hydrogen-bond acceptors (Lipinski definition) is 13. The van der Waals surface area contributed by atoms with E-state index in [1.807, 2.05) is 66.7 Å². The lowest BCUT2D eigenvalue weighted by Gasteiger charge is -2.10. The van der Waals surface area contributed by atoms with Gasteiger partial charge in [0.15, 0.2) is 19.7 Å². The van der Waals surface area contributed by atoms with Gasteiger partial charge in [0, 0.05) is 60.9 Å². The van der Waals surface area contributed by atoms with Crippen molar-refractivity contribution < 1.29 is 45.9 Å². The van der Waals surface area contributed by atoms with Crippen molar-refractivity contribution >= 4 is 72.8 Å². The third-order valence-electron chi connectivity index (χ3n) is 8.31. The van der Waals surface area contributed by atoms with Gasteiger partial charge in [-0.3, -0.25) is 10.0 Å². The van der Waals surface area contributed by atoms with Gasteiger partial charge in [-0.25, -0.2) is 31.9 Å². The molecule has 16 heteroatoms. The number of anilines is 3. The topological polar surface area (TPSA) is 220 Å². The zero-order chi connectivity index (χ0) is 44.8. The van der Waals surface area contributed by atoms with Crippen LogP contribution in [0, 0.1) is 0 Å². The zero-order valence-electron chi connectivity index (χ0n) is 33.9. The first-order valence-corrected chi connectivity index (χ1v) is 22.0. The van der Waals surface area contributed by atoms with E-state index in [0.29, 0.717) is 23.7 Å². The predicted molar refractivity (Wildman–Crippen MR) is 239 cm³/mol. The molecule has 0 unspecified atom stereocenters. The van der Waals surface area contributed by atoms with Crippen LogP contribution in [0.2, 0.25) is 0 Å². The van der Waals surface area contributed by atoms with E-state index in [2.05, 4.69) is 20.1 Å². The normalized spacial score (nSPS) is 11.2. The molecule has 5 rings (SSSR count). The minimum absolute atomic E-state index is 0.282. The summed E-state index contributed by atoms with van der Waals surface area (Å²) in [5.41, 5.74) is 13.8. The average Bonchev–Trinajstić information content (AvgIpc) is 3.26. The second-order valence-corrected chi connectivity index (χ2v) is 16.9. The molecule has 14 nitrogen and oxygen atoms in total. The summed E-state index contributed by atoms with van der Waals surface area (Å²) in [6, 6.07) is 35.6. The number of nitrogen functional groups attached to an aromatic ring is 1. The van der Waals surface area contributed by atoms with Crippen molar-refractivity contribution in [3.63, 3.8) is 0 Å². The summed E-state index contributed by atoms with van der Waals surface area (Å²) in [4.78, 5) is 33.6. The molecule has 320 valence electrons. The first-order chi connectivity index (χ1) is 29.0. The number of hydrogen-bond donors (Lipinski definition) is 5. The van der Waals surface area contributed by atoms with Crippen LogP contribution in [0.5, 0.6) is 0 Å². The van der Waals surface area contributed by atoms with Gasteiger partial charge in [0.05, 0.1) is 24.0 Å². The van der Waals surface area contributed by atoms with E-state index >= 15 is 0 Å². The van der Waals surface area contributed by atoms with Crippen LogP contribution in [0.25, 0.3) is 18.2 Å². The summed E-state index contributed by atoms with van der Waals surface area (Å²) in [6.45, 7) is 1.04. The highest BCUT2D eigenvalue weighted by atomic mass is 32.2. The van der Waals surface area contributed by atoms with Gasteiger partial charge in [-0.15, -0.1) is 0 Å². The van der Waals surface area contributed by atoms with E-state index in [0.717, 1.165) is 39.2 Å². The molecule has 0 fully saturated rings. The van der Waals surface area contributed by atoms with Crippen molar-refractivity contribution in [3.05, 3.63) is 167 Å². The number of nitrogens with two attached hydrogens (primary N) is 1. The number of benzene rings is 5. The monoisotopic (exact) mass is 868 g/mol. The molecule has 1 amide bonds. The number of nitrogens with one attached hydrogen (secondary N) is 3. The fourth-order valence-electron chi connectivity index (χ4n) is 5.03. The van der Waals surface area contributed by atoms with Crippen LogP contribution in [-0.2, 0) is 56.6 Å². The highest BCUT2D eigenvalue weighted by Gasteiger charge is 2.08. The van der Waals surface area contributed by atoms with Gasteiger partial charge in [-0.05, 0) is 88.5 Å². The maximum absolute atomic E-state index is 11.5. The van der Waals surface area contributed by atoms with Gasteiger partial charge >= 0.3 is 11.9 Å². The Morgan fingerprint density at radius 1 is 0.557 bits per heavy atom. The number of carbonyl (C=O) groups excluding carboxylic acids is 3. The van der Waals surface area contributed by atoms with Gasteiger partial charge in [0.25, 0.3) is 5.91 Å². The maximum Gasteiger partial charge on any atom is 0.330 e. The van der Waals surface area contributed by atoms with E-state index in [4.69, 9.17) is 10.9 Å². The van der Waals surface area contributed by atoms with Gasteiger partial charge in [0.1, 0.15) is 0 Å². The van der Waals surface area contributed by atoms with Crippen molar-refractivity contribution in [2.24, 2.45) is 0 Å². The van der Waals surface area contributed by atoms with Crippen LogP contribution in [0.15, 0.2) is 149 Å². The Balaban J connectivity index is 0.000000255. The summed E-state index contributed by atoms with van der Waals surface area (Å²) in [5.74, 6) is -1.41. The molecule has 0 aliphatic carbocycles. The summed E-state index contributed by atoms with van der Waals surface area (Å²) in [7, 11) is -3.72. The Morgan fingerprint density at radius 2 is 0.918 bits per heavy atom. The van der Waals surface area contributed by atoms with E-state index in [1.54, 1.807) is 72.8 Å². The molecule has 0 saturated heterocycles. The number of carbonyl (C=O) groups is 3. The fourth-order valence-corrected chi connectivity index (χ4v) is 6.29. The summed E-state index contributed by atoms with van der Waals surface area (Å²) in [6.07, 6.45) is 11.2. The number of para-hydroxylation sites is 3. The molecule has 0 radical (unpaired) electrons. The third kappa shape index (κ3) is 17.4. The molecule has 5 aromatic carbocycles. The van der Waals surface area contributed by atoms with Crippen LogP contribution in [-0.4, -0.2) is 66.6 Å². The standard InChI is InChI=1S/C18H19NO4S.C17H18N2O4S.C10H11NO2/c1-23-18(20)12-9-15-5-3-4-6-17(15)19-13-14-7-10-16(11-8-14)24(2,21)22;1-24(22,23)15-9-6-13(7-10-15)12-18-16-5-3-2-4-14(16)8-11-17(20)19-21;1-13-10(12)7-6-8-4-2-3-5-9(8)11/h3-12,19H,13H2,1-2H3;2-11,18,21H,12H2,1H3,(H,19,20);2-7H,11H2,1H3/b12-9+;11-8+;7-6+. The van der Waals surface area contributed by atoms with Gasteiger partial charge < -0.3 is 25.8 Å². The molecule has 61 heavy (non-hydrogen) atoms. The number of amides is 1. The molecule has 0 atom stereocenters. The van der Waals surface area contributed by atoms with Gasteiger partial charge in [-0.1, -0.05) is 78.9 Å². The number of sulfone groups is 2. The van der Waals surface area contributed by atoms with Crippen molar-refractivity contribution in [1.82, 2.24) is 5.48 Å². The molecule has 0 aliphatic rings. The van der Waals surface area contributed by atoms with Gasteiger partial charge in [-0.2, -0.15) is 0 Å². The minimum atomic E-state index is -3.20. The molecular formula is C45H48N4O10S2. The highest BCUT2D eigenvalue weighted by Crippen LogP contribution is 2.20. The van der Waals surface area contributed by atoms with Crippen molar-refractivity contribution in [1.29, 1.82) is 0 Å². The quantitative estimate of drug-likeness (QED) is 0.0263. The number of hydroxylamine groups is 1. The lowest BCUT2D eigenvalue weighted by Crippen LogP contribution is -2.14. The fraction of sp³-hybridized carbons (Fsp3) is 0.133. The lowest BCUT2D eigenvalue weighted by atomic mass is 10.1. The lowest BCUT2D eigenvalue weighted by molar-refractivity contribution is -0.135. The summed E-state index contributed by atoms with van der Waals surface area (Å²) >= 11 is 0. The largest absolute Gasteiger partial charge is 0.466 e. The highest BCUT2D eigenvalue weighted by molar-refractivity contribution is 7.91. The van der Waals surface area contributed by atoms with Crippen LogP contribution in [0.1, 0.15) is 27.8 Å². The zero-order valence-corrected chi connectivity index (χ0v) is 35.6. The summed E-state index contributed by atoms with van der Waals surface area (Å²) in [5, 5.41) is 15.0. The molecule has 0 heterocycles. The molecule has 0 aliphatic heterocycles. The number of methoxy groups -OCH3 is 2. The second kappa shape index (κ2) is 24.2. The number of esters is 2. The Morgan fingerprint density at radius 3 is 1.30 bits per heavy atom. The predicted octanol–water partition coefficient (Wildman–Crippen LogP) is 6.56. The van der Waals surface area contributed by atoms with E-state index in [-0.39, 0.29) is 10.9 Å². The molecule has 5 aromatic rings. The van der Waals surface area contributed by atoms with Crippen molar-refractivity contribution in [2.75, 3.05) is 43.1 Å². The SMILES string of the molecule is COC(=O)/C=C/c1ccccc1N.COC(=O)/C=C/c1ccccc1NCc1ccc(S(C)(=O)=O)cc1.CS(=O)(=O)c1ccc(CNc2ccccc2/C=C/C(=O)NO)cc1. The van der Waals surface area contributed by atoms with Crippen LogP contribution in [0.4, 0.5) is 17.1 Å². The van der Waals surface area contributed by atoms with Crippen LogP contribution >= 0.6 is 0 Å². The Labute approximate surface area is 356 Å². The van der Waals surface area contributed by atoms with E-state index in [1.165, 1.54) is 50.4 Å². The van der Waals surface area contributed by atoms with Crippen LogP contribution in [0.3, 0.4) is 0 Å².